The number of hydrogen-bond donors (Lipinski definition) is 1. The van der Waals surface area contributed by atoms with E-state index in [1.807, 2.05) is 11.8 Å². The summed E-state index contributed by atoms with van der Waals surface area (Å²) in [4.78, 5) is 26.6. The molecule has 3 heterocycles. The van der Waals surface area contributed by atoms with E-state index in [4.69, 9.17) is 4.74 Å². The van der Waals surface area contributed by atoms with Crippen LogP contribution in [0.3, 0.4) is 0 Å². The van der Waals surface area contributed by atoms with Gasteiger partial charge in [0.15, 0.2) is 5.82 Å². The molecule has 2 aromatic heterocycles. The summed E-state index contributed by atoms with van der Waals surface area (Å²) in [6, 6.07) is 0.259. The minimum absolute atomic E-state index is 0.0488. The van der Waals surface area contributed by atoms with Crippen molar-refractivity contribution < 1.29 is 9.53 Å². The molecule has 8 nitrogen and oxygen atoms in total. The van der Waals surface area contributed by atoms with Crippen molar-refractivity contribution in [2.75, 3.05) is 20.2 Å². The summed E-state index contributed by atoms with van der Waals surface area (Å²) in [5.41, 5.74) is 0.480. The van der Waals surface area contributed by atoms with E-state index in [2.05, 4.69) is 25.1 Å². The van der Waals surface area contributed by atoms with Gasteiger partial charge in [0.2, 0.25) is 0 Å². The Morgan fingerprint density at radius 3 is 2.55 bits per heavy atom. The van der Waals surface area contributed by atoms with Crippen molar-refractivity contribution >= 4 is 5.91 Å². The molecule has 8 heteroatoms. The molecule has 0 spiro atoms. The molecule has 0 aliphatic carbocycles. The molecule has 3 rings (SSSR count). The summed E-state index contributed by atoms with van der Waals surface area (Å²) in [7, 11) is 1.49. The second-order valence-electron chi connectivity index (χ2n) is 5.30. The van der Waals surface area contributed by atoms with Crippen LogP contribution in [0.15, 0.2) is 12.4 Å². The van der Waals surface area contributed by atoms with Crippen molar-refractivity contribution in [2.45, 2.75) is 25.7 Å². The Bertz CT molecular complexity index is 646. The summed E-state index contributed by atoms with van der Waals surface area (Å²) < 4.78 is 4.90. The SMILES string of the molecule is COc1ncc(C(=O)N2CCC(c3n[nH]c(C)n3)CC2)cn1. The summed E-state index contributed by atoms with van der Waals surface area (Å²) in [5.74, 6) is 1.93. The van der Waals surface area contributed by atoms with E-state index in [-0.39, 0.29) is 11.9 Å². The van der Waals surface area contributed by atoms with Gasteiger partial charge >= 0.3 is 6.01 Å². The van der Waals surface area contributed by atoms with Gasteiger partial charge in [0.05, 0.1) is 12.7 Å². The van der Waals surface area contributed by atoms with Crippen molar-refractivity contribution in [2.24, 2.45) is 0 Å². The molecule has 0 radical (unpaired) electrons. The first-order valence-corrected chi connectivity index (χ1v) is 7.21. The van der Waals surface area contributed by atoms with E-state index in [0.717, 1.165) is 24.5 Å². The van der Waals surface area contributed by atoms with Crippen LogP contribution in [0.25, 0.3) is 0 Å². The van der Waals surface area contributed by atoms with Gasteiger partial charge < -0.3 is 9.64 Å². The van der Waals surface area contributed by atoms with Crippen LogP contribution in [0.2, 0.25) is 0 Å². The molecule has 1 aliphatic heterocycles. The molecule has 0 unspecified atom stereocenters. The van der Waals surface area contributed by atoms with E-state index < -0.39 is 0 Å². The molecular weight excluding hydrogens is 284 g/mol. The van der Waals surface area contributed by atoms with E-state index >= 15 is 0 Å². The fourth-order valence-corrected chi connectivity index (χ4v) is 2.60. The predicted octanol–water partition coefficient (Wildman–Crippen LogP) is 0.932. The zero-order chi connectivity index (χ0) is 15.5. The van der Waals surface area contributed by atoms with Crippen LogP contribution in [-0.2, 0) is 0 Å². The Morgan fingerprint density at radius 1 is 1.32 bits per heavy atom. The molecule has 1 N–H and O–H groups in total. The van der Waals surface area contributed by atoms with Crippen LogP contribution >= 0.6 is 0 Å². The van der Waals surface area contributed by atoms with Gasteiger partial charge in [-0.15, -0.1) is 0 Å². The van der Waals surface area contributed by atoms with Crippen LogP contribution in [0.1, 0.15) is 40.8 Å². The highest BCUT2D eigenvalue weighted by Crippen LogP contribution is 2.26. The van der Waals surface area contributed by atoms with Gasteiger partial charge in [-0.2, -0.15) is 5.10 Å². The smallest absolute Gasteiger partial charge is 0.316 e. The van der Waals surface area contributed by atoms with E-state index in [1.165, 1.54) is 19.5 Å². The van der Waals surface area contributed by atoms with E-state index in [1.54, 1.807) is 0 Å². The maximum Gasteiger partial charge on any atom is 0.316 e. The molecule has 116 valence electrons. The monoisotopic (exact) mass is 302 g/mol. The number of carbonyl (C=O) groups is 1. The summed E-state index contributed by atoms with van der Waals surface area (Å²) in [5, 5.41) is 7.08. The molecule has 0 bridgehead atoms. The number of rotatable bonds is 3. The molecule has 1 amide bonds. The molecular formula is C14H18N6O2. The molecule has 2 aromatic rings. The highest BCUT2D eigenvalue weighted by Gasteiger charge is 2.27. The third kappa shape index (κ3) is 2.90. The van der Waals surface area contributed by atoms with E-state index in [9.17, 15) is 4.79 Å². The fourth-order valence-electron chi connectivity index (χ4n) is 2.60. The van der Waals surface area contributed by atoms with Gasteiger partial charge in [0.1, 0.15) is 5.82 Å². The molecule has 22 heavy (non-hydrogen) atoms. The largest absolute Gasteiger partial charge is 0.467 e. The Morgan fingerprint density at radius 2 is 2.00 bits per heavy atom. The minimum atomic E-state index is -0.0488. The predicted molar refractivity (Wildman–Crippen MR) is 77.6 cm³/mol. The van der Waals surface area contributed by atoms with Crippen LogP contribution in [0.5, 0.6) is 6.01 Å². The van der Waals surface area contributed by atoms with Crippen molar-refractivity contribution in [1.82, 2.24) is 30.0 Å². The number of nitrogens with one attached hydrogen (secondary N) is 1. The van der Waals surface area contributed by atoms with Crippen LogP contribution in [0, 0.1) is 6.92 Å². The number of aromatic nitrogens is 5. The number of amides is 1. The van der Waals surface area contributed by atoms with Gasteiger partial charge in [-0.25, -0.2) is 15.0 Å². The first kappa shape index (κ1) is 14.4. The lowest BCUT2D eigenvalue weighted by Crippen LogP contribution is -2.38. The first-order chi connectivity index (χ1) is 10.7. The number of likely N-dealkylation sites (tertiary alicyclic amines) is 1. The minimum Gasteiger partial charge on any atom is -0.467 e. The summed E-state index contributed by atoms with van der Waals surface area (Å²) in [6.45, 7) is 3.26. The van der Waals surface area contributed by atoms with Crippen molar-refractivity contribution in [1.29, 1.82) is 0 Å². The quantitative estimate of drug-likeness (QED) is 0.906. The molecule has 1 fully saturated rings. The van der Waals surface area contributed by atoms with Crippen LogP contribution < -0.4 is 4.74 Å². The zero-order valence-electron chi connectivity index (χ0n) is 12.6. The Hall–Kier alpha value is -2.51. The second kappa shape index (κ2) is 6.08. The number of aromatic amines is 1. The second-order valence-corrected chi connectivity index (χ2v) is 5.30. The summed E-state index contributed by atoms with van der Waals surface area (Å²) in [6.07, 6.45) is 4.72. The molecule has 1 saturated heterocycles. The first-order valence-electron chi connectivity index (χ1n) is 7.21. The van der Waals surface area contributed by atoms with Gasteiger partial charge in [-0.3, -0.25) is 9.89 Å². The number of ether oxygens (including phenoxy) is 1. The van der Waals surface area contributed by atoms with Crippen LogP contribution in [0.4, 0.5) is 0 Å². The number of piperidine rings is 1. The van der Waals surface area contributed by atoms with Crippen molar-refractivity contribution in [3.63, 3.8) is 0 Å². The highest BCUT2D eigenvalue weighted by molar-refractivity contribution is 5.93. The number of nitrogens with zero attached hydrogens (tertiary/aromatic N) is 5. The molecule has 0 atom stereocenters. The Kier molecular flexibility index (Phi) is 3.99. The van der Waals surface area contributed by atoms with Crippen molar-refractivity contribution in [3.8, 4) is 6.01 Å². The fraction of sp³-hybridized carbons (Fsp3) is 0.500. The summed E-state index contributed by atoms with van der Waals surface area (Å²) >= 11 is 0. The number of H-pyrrole nitrogens is 1. The van der Waals surface area contributed by atoms with E-state index in [0.29, 0.717) is 24.6 Å². The Labute approximate surface area is 127 Å². The average molecular weight is 302 g/mol. The number of aryl methyl sites for hydroxylation is 1. The van der Waals surface area contributed by atoms with Gasteiger partial charge in [0.25, 0.3) is 5.91 Å². The Balaban J connectivity index is 1.61. The van der Waals surface area contributed by atoms with Gasteiger partial charge in [0, 0.05) is 31.4 Å². The maximum absolute atomic E-state index is 12.4. The van der Waals surface area contributed by atoms with Gasteiger partial charge in [-0.05, 0) is 19.8 Å². The number of carbonyl (C=O) groups excluding carboxylic acids is 1. The average Bonchev–Trinajstić information content (AvgIpc) is 3.01. The van der Waals surface area contributed by atoms with Crippen molar-refractivity contribution in [3.05, 3.63) is 29.6 Å². The van der Waals surface area contributed by atoms with Crippen LogP contribution in [-0.4, -0.2) is 56.2 Å². The topological polar surface area (TPSA) is 96.9 Å². The lowest BCUT2D eigenvalue weighted by atomic mass is 9.96. The lowest BCUT2D eigenvalue weighted by Gasteiger charge is -2.30. The maximum atomic E-state index is 12.4. The number of methoxy groups -OCH3 is 1. The highest BCUT2D eigenvalue weighted by atomic mass is 16.5. The molecule has 0 aromatic carbocycles. The molecule has 1 aliphatic rings. The number of hydrogen-bond acceptors (Lipinski definition) is 6. The third-order valence-electron chi connectivity index (χ3n) is 3.82. The zero-order valence-corrected chi connectivity index (χ0v) is 12.6. The third-order valence-corrected chi connectivity index (χ3v) is 3.82. The lowest BCUT2D eigenvalue weighted by molar-refractivity contribution is 0.0710. The normalized spacial score (nSPS) is 15.8. The standard InChI is InChI=1S/C14H18N6O2/c1-9-17-12(19-18-9)10-3-5-20(6-4-10)13(21)11-7-15-14(22-2)16-8-11/h7-8,10H,3-6H2,1-2H3,(H,17,18,19). The molecule has 0 saturated carbocycles. The van der Waals surface area contributed by atoms with Gasteiger partial charge in [-0.1, -0.05) is 0 Å².